The average Bonchev–Trinajstić information content (AvgIpc) is 3.08. The lowest BCUT2D eigenvalue weighted by molar-refractivity contribution is 0.116. The minimum atomic E-state index is -2.52. The first kappa shape index (κ1) is 23.9. The summed E-state index contributed by atoms with van der Waals surface area (Å²) in [5.74, 6) is 0.929. The van der Waals surface area contributed by atoms with Gasteiger partial charge in [0.25, 0.3) is 0 Å². The van der Waals surface area contributed by atoms with Crippen molar-refractivity contribution in [3.8, 4) is 0 Å². The monoisotopic (exact) mass is 521 g/mol. The highest BCUT2D eigenvalue weighted by Gasteiger charge is 2.44. The van der Waals surface area contributed by atoms with E-state index in [1.165, 1.54) is 4.70 Å². The van der Waals surface area contributed by atoms with Gasteiger partial charge in [0.05, 0.1) is 10.2 Å². The molecule has 1 aromatic carbocycles. The molecule has 0 aliphatic heterocycles. The fourth-order valence-electron chi connectivity index (χ4n) is 2.07. The van der Waals surface area contributed by atoms with Crippen molar-refractivity contribution >= 4 is 101 Å². The molecule has 0 saturated carbocycles. The van der Waals surface area contributed by atoms with Gasteiger partial charge in [0, 0.05) is 32.6 Å². The van der Waals surface area contributed by atoms with Crippen molar-refractivity contribution in [3.05, 3.63) is 24.3 Å². The summed E-state index contributed by atoms with van der Waals surface area (Å²) in [6.45, 7) is 2.12. The summed E-state index contributed by atoms with van der Waals surface area (Å²) >= 11 is 1.74. The van der Waals surface area contributed by atoms with Crippen molar-refractivity contribution in [1.29, 1.82) is 0 Å². The zero-order valence-corrected chi connectivity index (χ0v) is 22.1. The van der Waals surface area contributed by atoms with Crippen molar-refractivity contribution in [3.63, 3.8) is 0 Å². The fourth-order valence-corrected chi connectivity index (χ4v) is 20.8. The van der Waals surface area contributed by atoms with Gasteiger partial charge in [-0.2, -0.15) is 0 Å². The first-order valence-electron chi connectivity index (χ1n) is 7.29. The van der Waals surface area contributed by atoms with Crippen LogP contribution in [0.25, 0.3) is 10.2 Å². The van der Waals surface area contributed by atoms with Crippen LogP contribution in [0.5, 0.6) is 0 Å². The summed E-state index contributed by atoms with van der Waals surface area (Å²) in [7, 11) is 14.8. The molecule has 2 rings (SSSR count). The van der Waals surface area contributed by atoms with Crippen LogP contribution in [0.1, 0.15) is 6.92 Å². The predicted octanol–water partition coefficient (Wildman–Crippen LogP) is 7.55. The molecule has 0 amide bonds. The van der Waals surface area contributed by atoms with Gasteiger partial charge >= 0.3 is 8.80 Å². The van der Waals surface area contributed by atoms with Crippen LogP contribution < -0.4 is 0 Å². The molecule has 0 aliphatic rings. The van der Waals surface area contributed by atoms with E-state index in [0.717, 1.165) is 15.6 Å². The number of aromatic nitrogens is 1. The van der Waals surface area contributed by atoms with E-state index in [1.54, 1.807) is 103 Å². The van der Waals surface area contributed by atoms with Crippen LogP contribution in [-0.2, 0) is 13.3 Å². The van der Waals surface area contributed by atoms with Crippen LogP contribution in [0.15, 0.2) is 28.6 Å². The van der Waals surface area contributed by atoms with Gasteiger partial charge in [-0.1, -0.05) is 29.9 Å². The standard InChI is InChI=1S/C13H19NO3S8Si/c1-10(26(15-2,16-3)17-4)9-18-21-23-25-24-22-20-13-14-11-7-5-6-8-12(11)19-13/h5-8,10H,9H2,1-4H3. The van der Waals surface area contributed by atoms with E-state index in [2.05, 4.69) is 30.1 Å². The summed E-state index contributed by atoms with van der Waals surface area (Å²) in [6.07, 6.45) is 0. The Hall–Kier alpha value is 1.66. The topological polar surface area (TPSA) is 40.6 Å². The molecule has 0 fully saturated rings. The predicted molar refractivity (Wildman–Crippen MR) is 132 cm³/mol. The molecule has 1 unspecified atom stereocenters. The van der Waals surface area contributed by atoms with Gasteiger partial charge < -0.3 is 13.3 Å². The third-order valence-electron chi connectivity index (χ3n) is 3.31. The van der Waals surface area contributed by atoms with E-state index >= 15 is 0 Å². The smallest absolute Gasteiger partial charge is 0.377 e. The highest BCUT2D eigenvalue weighted by Crippen LogP contribution is 2.57. The number of hydrogen-bond acceptors (Lipinski definition) is 12. The quantitative estimate of drug-likeness (QED) is 0.149. The summed E-state index contributed by atoms with van der Waals surface area (Å²) < 4.78 is 18.9. The highest BCUT2D eigenvalue weighted by atomic mass is 33.9. The molecule has 0 spiro atoms. The molecule has 0 N–H and O–H groups in total. The molecule has 0 saturated heterocycles. The lowest BCUT2D eigenvalue weighted by atomic mass is 10.3. The SMILES string of the molecule is CO[Si](OC)(OC)C(C)CSSSSSSSc1nc2ccccc2s1. The molecule has 0 radical (unpaired) electrons. The average molecular weight is 522 g/mol. The van der Waals surface area contributed by atoms with E-state index < -0.39 is 8.80 Å². The Labute approximate surface area is 186 Å². The minimum Gasteiger partial charge on any atom is -0.377 e. The molecular weight excluding hydrogens is 503 g/mol. The molecule has 1 aromatic heterocycles. The number of nitrogens with zero attached hydrogens (tertiary/aromatic N) is 1. The Balaban J connectivity index is 1.55. The van der Waals surface area contributed by atoms with Crippen LogP contribution in [0.4, 0.5) is 0 Å². The molecule has 146 valence electrons. The lowest BCUT2D eigenvalue weighted by Gasteiger charge is -2.29. The molecule has 2 aromatic rings. The maximum atomic E-state index is 5.52. The molecule has 1 atom stereocenters. The first-order valence-corrected chi connectivity index (χ1v) is 18.9. The molecule has 0 aliphatic carbocycles. The summed E-state index contributed by atoms with van der Waals surface area (Å²) in [5, 5.41) is 0. The molecule has 4 nitrogen and oxygen atoms in total. The first-order chi connectivity index (χ1) is 12.6. The number of hydrogen-bond donors (Lipinski definition) is 0. The Bertz CT molecular complexity index is 618. The molecule has 0 bridgehead atoms. The van der Waals surface area contributed by atoms with Gasteiger partial charge in [-0.3, -0.25) is 0 Å². The van der Waals surface area contributed by atoms with Gasteiger partial charge in [-0.25, -0.2) is 4.98 Å². The molecular formula is C13H19NO3S8Si. The van der Waals surface area contributed by atoms with Crippen molar-refractivity contribution in [1.82, 2.24) is 4.98 Å². The normalized spacial score (nSPS) is 13.4. The van der Waals surface area contributed by atoms with E-state index in [4.69, 9.17) is 13.3 Å². The number of rotatable bonds is 13. The van der Waals surface area contributed by atoms with E-state index in [1.807, 2.05) is 6.07 Å². The zero-order valence-electron chi connectivity index (χ0n) is 14.5. The number of fused-ring (bicyclic) bond motifs is 1. The zero-order chi connectivity index (χ0) is 18.8. The number of para-hydroxylation sites is 1. The Kier molecular flexibility index (Phi) is 12.0. The van der Waals surface area contributed by atoms with Crippen LogP contribution in [-0.4, -0.2) is 40.9 Å². The molecule has 1 heterocycles. The number of thiazole rings is 1. The van der Waals surface area contributed by atoms with Gasteiger partial charge in [-0.05, 0) is 72.1 Å². The molecule has 13 heteroatoms. The lowest BCUT2D eigenvalue weighted by Crippen LogP contribution is -2.47. The van der Waals surface area contributed by atoms with Crippen LogP contribution in [0.3, 0.4) is 0 Å². The van der Waals surface area contributed by atoms with Crippen molar-refractivity contribution in [2.45, 2.75) is 16.8 Å². The highest BCUT2D eigenvalue weighted by molar-refractivity contribution is 9.46. The largest absolute Gasteiger partial charge is 0.504 e. The second kappa shape index (κ2) is 13.1. The Morgan fingerprint density at radius 1 is 1.00 bits per heavy atom. The molecule has 26 heavy (non-hydrogen) atoms. The minimum absolute atomic E-state index is 0.252. The Morgan fingerprint density at radius 2 is 1.65 bits per heavy atom. The fraction of sp³-hybridized carbons (Fsp3) is 0.462. The third-order valence-corrected chi connectivity index (χ3v) is 21.2. The van der Waals surface area contributed by atoms with Crippen molar-refractivity contribution in [2.75, 3.05) is 27.1 Å². The van der Waals surface area contributed by atoms with Crippen molar-refractivity contribution < 1.29 is 13.3 Å². The van der Waals surface area contributed by atoms with Crippen LogP contribution in [0, 0.1) is 0 Å². The van der Waals surface area contributed by atoms with Gasteiger partial charge in [0.15, 0.2) is 4.34 Å². The van der Waals surface area contributed by atoms with Crippen LogP contribution in [0.2, 0.25) is 5.54 Å². The van der Waals surface area contributed by atoms with Crippen LogP contribution >= 0.6 is 82.1 Å². The summed E-state index contributed by atoms with van der Waals surface area (Å²) in [4.78, 5) is 4.62. The maximum Gasteiger partial charge on any atom is 0.504 e. The Morgan fingerprint density at radius 3 is 2.35 bits per heavy atom. The van der Waals surface area contributed by atoms with Gasteiger partial charge in [-0.15, -0.1) is 11.3 Å². The van der Waals surface area contributed by atoms with Gasteiger partial charge in [0.1, 0.15) is 0 Å². The van der Waals surface area contributed by atoms with E-state index in [0.29, 0.717) is 0 Å². The van der Waals surface area contributed by atoms with Gasteiger partial charge in [0.2, 0.25) is 0 Å². The summed E-state index contributed by atoms with van der Waals surface area (Å²) in [5.41, 5.74) is 1.33. The van der Waals surface area contributed by atoms with E-state index in [9.17, 15) is 0 Å². The second-order valence-corrected chi connectivity index (χ2v) is 20.7. The van der Waals surface area contributed by atoms with E-state index in [-0.39, 0.29) is 5.54 Å². The number of benzene rings is 1. The van der Waals surface area contributed by atoms with Crippen molar-refractivity contribution in [2.24, 2.45) is 0 Å². The second-order valence-electron chi connectivity index (χ2n) is 4.77. The maximum absolute atomic E-state index is 5.52. The third kappa shape index (κ3) is 7.17. The summed E-state index contributed by atoms with van der Waals surface area (Å²) in [6, 6.07) is 8.25.